The predicted molar refractivity (Wildman–Crippen MR) is 117 cm³/mol. The topological polar surface area (TPSA) is 55.7 Å². The summed E-state index contributed by atoms with van der Waals surface area (Å²) in [5.41, 5.74) is 2.56. The first-order valence-corrected chi connectivity index (χ1v) is 10.8. The molecule has 0 amide bonds. The van der Waals surface area contributed by atoms with Gasteiger partial charge in [0.2, 0.25) is 0 Å². The number of esters is 1. The van der Waals surface area contributed by atoms with E-state index in [0.717, 1.165) is 18.5 Å². The number of nitrogens with zero attached hydrogens (tertiary/aromatic N) is 1. The standard InChI is InChI=1S/C23H27Cl2NO3/c1-5-6-9-29-22(28)19-13(2)26-17-11-23(3,4)12-18(27)21(17)20(19)15-8-7-14(24)10-16(15)25/h7-8,10,19-20H,5-6,9,11-12H2,1-4H3/t19?,20-/m1/s1. The monoisotopic (exact) mass is 435 g/mol. The van der Waals surface area contributed by atoms with Crippen LogP contribution in [0, 0.1) is 11.3 Å². The van der Waals surface area contributed by atoms with Gasteiger partial charge in [-0.1, -0.05) is 56.5 Å². The lowest BCUT2D eigenvalue weighted by Gasteiger charge is -2.39. The molecule has 6 heteroatoms. The molecule has 1 aliphatic carbocycles. The van der Waals surface area contributed by atoms with Crippen LogP contribution in [0.1, 0.15) is 64.9 Å². The van der Waals surface area contributed by atoms with Crippen molar-refractivity contribution in [2.45, 2.75) is 59.3 Å². The molecule has 0 fully saturated rings. The number of carbonyl (C=O) groups excluding carboxylic acids is 2. The molecule has 0 spiro atoms. The van der Waals surface area contributed by atoms with Gasteiger partial charge in [0.05, 0.1) is 6.61 Å². The zero-order chi connectivity index (χ0) is 21.3. The van der Waals surface area contributed by atoms with Crippen LogP contribution < -0.4 is 0 Å². The lowest BCUT2D eigenvalue weighted by molar-refractivity contribution is -0.146. The fourth-order valence-electron chi connectivity index (χ4n) is 4.25. The van der Waals surface area contributed by atoms with Crippen molar-refractivity contribution in [1.29, 1.82) is 0 Å². The van der Waals surface area contributed by atoms with Gasteiger partial charge in [0.1, 0.15) is 5.92 Å². The molecule has 0 saturated heterocycles. The van der Waals surface area contributed by atoms with Crippen LogP contribution in [0.15, 0.2) is 34.5 Å². The molecular weight excluding hydrogens is 409 g/mol. The SMILES string of the molecule is CCCCOC(=O)C1C(C)=NC2=C(C(=O)CC(C)(C)C2)[C@@H]1c1ccc(Cl)cc1Cl. The van der Waals surface area contributed by atoms with E-state index in [4.69, 9.17) is 32.9 Å². The molecule has 2 aliphatic rings. The molecule has 0 N–H and O–H groups in total. The van der Waals surface area contributed by atoms with Gasteiger partial charge in [-0.2, -0.15) is 0 Å². The molecule has 0 bridgehead atoms. The van der Waals surface area contributed by atoms with Crippen molar-refractivity contribution < 1.29 is 14.3 Å². The van der Waals surface area contributed by atoms with Crippen LogP contribution in [0.5, 0.6) is 0 Å². The van der Waals surface area contributed by atoms with Gasteiger partial charge in [0.25, 0.3) is 0 Å². The van der Waals surface area contributed by atoms with E-state index in [1.807, 2.05) is 13.8 Å². The molecule has 1 aliphatic heterocycles. The van der Waals surface area contributed by atoms with Gasteiger partial charge in [-0.3, -0.25) is 14.6 Å². The van der Waals surface area contributed by atoms with Gasteiger partial charge in [-0.05, 0) is 42.9 Å². The van der Waals surface area contributed by atoms with Gasteiger partial charge >= 0.3 is 5.97 Å². The Labute approximate surface area is 182 Å². The molecule has 0 saturated carbocycles. The van der Waals surface area contributed by atoms with Gasteiger partial charge in [-0.25, -0.2) is 0 Å². The molecule has 29 heavy (non-hydrogen) atoms. The van der Waals surface area contributed by atoms with Crippen molar-refractivity contribution in [3.8, 4) is 0 Å². The van der Waals surface area contributed by atoms with Gasteiger partial charge in [-0.15, -0.1) is 0 Å². The van der Waals surface area contributed by atoms with Crippen LogP contribution in [-0.2, 0) is 14.3 Å². The van der Waals surface area contributed by atoms with Crippen molar-refractivity contribution in [1.82, 2.24) is 0 Å². The molecule has 1 aromatic carbocycles. The highest BCUT2D eigenvalue weighted by Crippen LogP contribution is 2.49. The third-order valence-corrected chi connectivity index (χ3v) is 6.16. The normalized spacial score (nSPS) is 23.5. The Morgan fingerprint density at radius 2 is 2.00 bits per heavy atom. The highest BCUT2D eigenvalue weighted by Gasteiger charge is 2.46. The fraction of sp³-hybridized carbons (Fsp3) is 0.522. The molecule has 1 heterocycles. The van der Waals surface area contributed by atoms with E-state index in [0.29, 0.717) is 46.3 Å². The number of hydrogen-bond donors (Lipinski definition) is 0. The summed E-state index contributed by atoms with van der Waals surface area (Å²) in [6, 6.07) is 5.19. The molecule has 0 radical (unpaired) electrons. The average Bonchev–Trinajstić information content (AvgIpc) is 2.59. The number of halogens is 2. The van der Waals surface area contributed by atoms with Crippen molar-refractivity contribution in [2.24, 2.45) is 16.3 Å². The maximum Gasteiger partial charge on any atom is 0.315 e. The van der Waals surface area contributed by atoms with E-state index in [9.17, 15) is 9.59 Å². The number of unbranched alkanes of at least 4 members (excludes halogenated alkanes) is 1. The number of hydrogen-bond acceptors (Lipinski definition) is 4. The average molecular weight is 436 g/mol. The summed E-state index contributed by atoms with van der Waals surface area (Å²) in [6.07, 6.45) is 2.83. The van der Waals surface area contributed by atoms with Crippen molar-refractivity contribution in [3.05, 3.63) is 45.1 Å². The summed E-state index contributed by atoms with van der Waals surface area (Å²) < 4.78 is 5.54. The second kappa shape index (κ2) is 8.61. The fourth-order valence-corrected chi connectivity index (χ4v) is 4.77. The van der Waals surface area contributed by atoms with E-state index in [1.54, 1.807) is 18.2 Å². The molecule has 3 rings (SSSR count). The van der Waals surface area contributed by atoms with Gasteiger partial charge < -0.3 is 4.74 Å². The number of allylic oxidation sites excluding steroid dienone is 2. The first-order chi connectivity index (χ1) is 13.6. The van der Waals surface area contributed by atoms with Gasteiger partial charge in [0, 0.05) is 39.4 Å². The summed E-state index contributed by atoms with van der Waals surface area (Å²) in [5, 5.41) is 0.945. The van der Waals surface area contributed by atoms with Gasteiger partial charge in [0.15, 0.2) is 5.78 Å². The zero-order valence-electron chi connectivity index (χ0n) is 17.4. The van der Waals surface area contributed by atoms with Crippen LogP contribution >= 0.6 is 23.2 Å². The minimum Gasteiger partial charge on any atom is -0.465 e. The number of Topliss-reactive ketones (excluding diaryl/α,β-unsaturated/α-hetero) is 1. The van der Waals surface area contributed by atoms with E-state index in [2.05, 4.69) is 13.8 Å². The van der Waals surface area contributed by atoms with Crippen LogP contribution in [-0.4, -0.2) is 24.1 Å². The molecule has 1 aromatic rings. The lowest BCUT2D eigenvalue weighted by atomic mass is 9.67. The molecule has 156 valence electrons. The van der Waals surface area contributed by atoms with Crippen molar-refractivity contribution in [2.75, 3.05) is 6.61 Å². The van der Waals surface area contributed by atoms with Crippen molar-refractivity contribution >= 4 is 40.7 Å². The van der Waals surface area contributed by atoms with Crippen LogP contribution in [0.2, 0.25) is 10.0 Å². The predicted octanol–water partition coefficient (Wildman–Crippen LogP) is 6.15. The second-order valence-corrected chi connectivity index (χ2v) is 9.54. The first kappa shape index (κ1) is 22.0. The molecule has 1 unspecified atom stereocenters. The Kier molecular flexibility index (Phi) is 6.54. The summed E-state index contributed by atoms with van der Waals surface area (Å²) in [7, 11) is 0. The lowest BCUT2D eigenvalue weighted by Crippen LogP contribution is -2.39. The van der Waals surface area contributed by atoms with Crippen LogP contribution in [0.4, 0.5) is 0 Å². The number of aliphatic imine (C=N–C) groups is 1. The third kappa shape index (κ3) is 4.59. The number of carbonyl (C=O) groups is 2. The summed E-state index contributed by atoms with van der Waals surface area (Å²) in [6.45, 7) is 8.35. The Morgan fingerprint density at radius 1 is 1.28 bits per heavy atom. The number of ketones is 1. The number of benzene rings is 1. The summed E-state index contributed by atoms with van der Waals surface area (Å²) in [5.74, 6) is -1.52. The molecular formula is C23H27Cl2NO3. The largest absolute Gasteiger partial charge is 0.465 e. The number of rotatable bonds is 5. The highest BCUT2D eigenvalue weighted by molar-refractivity contribution is 6.35. The smallest absolute Gasteiger partial charge is 0.315 e. The quantitative estimate of drug-likeness (QED) is 0.411. The Hall–Kier alpha value is -1.65. The minimum atomic E-state index is -0.672. The summed E-state index contributed by atoms with van der Waals surface area (Å²) in [4.78, 5) is 31.0. The minimum absolute atomic E-state index is 0.0230. The maximum atomic E-state index is 13.2. The van der Waals surface area contributed by atoms with E-state index in [-0.39, 0.29) is 17.2 Å². The molecule has 2 atom stereocenters. The summed E-state index contributed by atoms with van der Waals surface area (Å²) >= 11 is 12.6. The van der Waals surface area contributed by atoms with Crippen LogP contribution in [0.3, 0.4) is 0 Å². The van der Waals surface area contributed by atoms with E-state index < -0.39 is 11.8 Å². The zero-order valence-corrected chi connectivity index (χ0v) is 18.9. The number of ether oxygens (including phenoxy) is 1. The first-order valence-electron chi connectivity index (χ1n) is 10.1. The second-order valence-electron chi connectivity index (χ2n) is 8.70. The van der Waals surface area contributed by atoms with Crippen LogP contribution in [0.25, 0.3) is 0 Å². The Bertz CT molecular complexity index is 901. The molecule has 0 aromatic heterocycles. The van der Waals surface area contributed by atoms with Crippen molar-refractivity contribution in [3.63, 3.8) is 0 Å². The maximum absolute atomic E-state index is 13.2. The highest BCUT2D eigenvalue weighted by atomic mass is 35.5. The molecule has 4 nitrogen and oxygen atoms in total. The Morgan fingerprint density at radius 3 is 2.66 bits per heavy atom. The third-order valence-electron chi connectivity index (χ3n) is 5.60. The van der Waals surface area contributed by atoms with E-state index >= 15 is 0 Å². The Balaban J connectivity index is 2.12. The van der Waals surface area contributed by atoms with E-state index in [1.165, 1.54) is 0 Å².